The number of nitrogens with one attached hydrogen (secondary N) is 1. The first-order valence-corrected chi connectivity index (χ1v) is 12.3. The van der Waals surface area contributed by atoms with Gasteiger partial charge in [-0.1, -0.05) is 6.07 Å². The van der Waals surface area contributed by atoms with Gasteiger partial charge in [-0.25, -0.2) is 8.42 Å². The summed E-state index contributed by atoms with van der Waals surface area (Å²) >= 11 is 1.76. The zero-order chi connectivity index (χ0) is 20.4. The summed E-state index contributed by atoms with van der Waals surface area (Å²) < 4.78 is 29.6. The highest BCUT2D eigenvalue weighted by Gasteiger charge is 2.41. The Morgan fingerprint density at radius 1 is 1.46 bits per heavy atom. The molecule has 2 saturated heterocycles. The third-order valence-corrected chi connectivity index (χ3v) is 9.10. The minimum atomic E-state index is -3.07. The summed E-state index contributed by atoms with van der Waals surface area (Å²) in [5.74, 6) is 0.932. The topological polar surface area (TPSA) is 74.2 Å². The predicted molar refractivity (Wildman–Crippen MR) is 115 cm³/mol. The predicted octanol–water partition coefficient (Wildman–Crippen LogP) is 1.59. The fourth-order valence-electron chi connectivity index (χ4n) is 3.86. The third kappa shape index (κ3) is 4.69. The average molecular weight is 429 g/mol. The Balaban J connectivity index is 1.70. The van der Waals surface area contributed by atoms with Crippen LogP contribution in [0.2, 0.25) is 0 Å². The zero-order valence-electron chi connectivity index (χ0n) is 17.2. The molecule has 0 spiro atoms. The van der Waals surface area contributed by atoms with Gasteiger partial charge in [0, 0.05) is 44.6 Å². The molecule has 0 amide bonds. The van der Waals surface area contributed by atoms with Crippen molar-refractivity contribution in [2.75, 3.05) is 52.1 Å². The van der Waals surface area contributed by atoms with Crippen molar-refractivity contribution in [2.45, 2.75) is 37.7 Å². The second-order valence-corrected chi connectivity index (χ2v) is 11.9. The van der Waals surface area contributed by atoms with Crippen molar-refractivity contribution in [3.8, 4) is 0 Å². The molecular formula is C19H32N4O3S2. The van der Waals surface area contributed by atoms with Gasteiger partial charge in [0.15, 0.2) is 15.8 Å². The molecule has 3 rings (SSSR count). The third-order valence-electron chi connectivity index (χ3n) is 5.59. The molecule has 1 aromatic rings. The summed E-state index contributed by atoms with van der Waals surface area (Å²) in [4.78, 5) is 10.3. The Hall–Kier alpha value is -1.16. The number of thiophene rings is 1. The van der Waals surface area contributed by atoms with Crippen LogP contribution in [0.15, 0.2) is 22.5 Å². The lowest BCUT2D eigenvalue weighted by Crippen LogP contribution is -2.58. The van der Waals surface area contributed by atoms with Gasteiger partial charge in [0.25, 0.3) is 0 Å². The summed E-state index contributed by atoms with van der Waals surface area (Å²) in [5, 5.41) is 5.62. The minimum Gasteiger partial charge on any atom is -0.376 e. The molecular weight excluding hydrogens is 396 g/mol. The summed E-state index contributed by atoms with van der Waals surface area (Å²) in [6.07, 6.45) is 0.226. The molecule has 0 bridgehead atoms. The number of sulfone groups is 1. The number of morpholine rings is 1. The number of hydrogen-bond acceptors (Lipinski definition) is 6. The van der Waals surface area contributed by atoms with Crippen LogP contribution in [0.1, 0.15) is 31.7 Å². The van der Waals surface area contributed by atoms with Crippen molar-refractivity contribution in [3.63, 3.8) is 0 Å². The van der Waals surface area contributed by atoms with Crippen LogP contribution in [-0.4, -0.2) is 87.2 Å². The van der Waals surface area contributed by atoms with Crippen molar-refractivity contribution in [2.24, 2.45) is 4.99 Å². The number of aliphatic imine (C=N–C) groups is 1. The number of ether oxygens (including phenoxy) is 1. The van der Waals surface area contributed by atoms with Gasteiger partial charge in [0.1, 0.15) is 0 Å². The number of nitrogens with zero attached hydrogens (tertiary/aromatic N) is 3. The average Bonchev–Trinajstić information content (AvgIpc) is 3.16. The lowest BCUT2D eigenvalue weighted by atomic mass is 10.1. The first-order valence-electron chi connectivity index (χ1n) is 9.80. The van der Waals surface area contributed by atoms with Crippen molar-refractivity contribution in [1.29, 1.82) is 0 Å². The smallest absolute Gasteiger partial charge is 0.193 e. The Labute approximate surface area is 172 Å². The van der Waals surface area contributed by atoms with Crippen molar-refractivity contribution < 1.29 is 13.2 Å². The van der Waals surface area contributed by atoms with Crippen LogP contribution < -0.4 is 5.32 Å². The van der Waals surface area contributed by atoms with Gasteiger partial charge in [-0.15, -0.1) is 11.3 Å². The molecule has 0 radical (unpaired) electrons. The summed E-state index contributed by atoms with van der Waals surface area (Å²) in [6.45, 7) is 9.91. The maximum atomic E-state index is 12.3. The Morgan fingerprint density at radius 3 is 2.86 bits per heavy atom. The molecule has 2 atom stereocenters. The standard InChI is InChI=1S/C19H32N4O3S2/c1-15-13-22(7-9-26-15)16(17-6-5-10-27-17)12-21-18(20-4)23-8-11-28(24,25)19(2,3)14-23/h5-6,10,15-16H,7-9,11-14H2,1-4H3,(H,20,21). The summed E-state index contributed by atoms with van der Waals surface area (Å²) in [6, 6.07) is 4.50. The highest BCUT2D eigenvalue weighted by molar-refractivity contribution is 7.92. The van der Waals surface area contributed by atoms with Gasteiger partial charge in [-0.3, -0.25) is 9.89 Å². The van der Waals surface area contributed by atoms with Crippen LogP contribution in [0.4, 0.5) is 0 Å². The van der Waals surface area contributed by atoms with Gasteiger partial charge in [0.05, 0.1) is 29.3 Å². The molecule has 1 aromatic heterocycles. The fourth-order valence-corrected chi connectivity index (χ4v) is 6.09. The van der Waals surface area contributed by atoms with Crippen LogP contribution in [-0.2, 0) is 14.6 Å². The van der Waals surface area contributed by atoms with Gasteiger partial charge < -0.3 is 15.0 Å². The van der Waals surface area contributed by atoms with E-state index in [9.17, 15) is 8.42 Å². The highest BCUT2D eigenvalue weighted by atomic mass is 32.2. The van der Waals surface area contributed by atoms with Crippen LogP contribution in [0, 0.1) is 0 Å². The first kappa shape index (κ1) is 21.5. The first-order chi connectivity index (χ1) is 13.2. The van der Waals surface area contributed by atoms with E-state index in [-0.39, 0.29) is 17.9 Å². The lowest BCUT2D eigenvalue weighted by molar-refractivity contribution is -0.0334. The number of guanidine groups is 1. The minimum absolute atomic E-state index is 0.163. The van der Waals surface area contributed by atoms with Gasteiger partial charge in [-0.2, -0.15) is 0 Å². The molecule has 28 heavy (non-hydrogen) atoms. The molecule has 2 fully saturated rings. The molecule has 7 nitrogen and oxygen atoms in total. The van der Waals surface area contributed by atoms with E-state index >= 15 is 0 Å². The van der Waals surface area contributed by atoms with Crippen LogP contribution in [0.25, 0.3) is 0 Å². The summed E-state index contributed by atoms with van der Waals surface area (Å²) in [7, 11) is -1.31. The molecule has 2 aliphatic heterocycles. The van der Waals surface area contributed by atoms with Gasteiger partial charge >= 0.3 is 0 Å². The molecule has 9 heteroatoms. The van der Waals surface area contributed by atoms with E-state index in [0.717, 1.165) is 32.2 Å². The SMILES string of the molecule is CN=C(NCC(c1cccs1)N1CCOC(C)C1)N1CCS(=O)(=O)C(C)(C)C1. The second-order valence-electron chi connectivity index (χ2n) is 8.14. The molecule has 1 N–H and O–H groups in total. The molecule has 2 aliphatic rings. The van der Waals surface area contributed by atoms with Crippen LogP contribution >= 0.6 is 11.3 Å². The Morgan fingerprint density at radius 2 is 2.25 bits per heavy atom. The molecule has 0 saturated carbocycles. The largest absolute Gasteiger partial charge is 0.376 e. The monoisotopic (exact) mass is 428 g/mol. The normalized spacial score (nSPS) is 26.8. The van der Waals surface area contributed by atoms with E-state index in [1.807, 2.05) is 0 Å². The molecule has 0 aliphatic carbocycles. The maximum Gasteiger partial charge on any atom is 0.193 e. The zero-order valence-corrected chi connectivity index (χ0v) is 18.9. The maximum absolute atomic E-state index is 12.3. The second kappa shape index (κ2) is 8.69. The number of hydrogen-bond donors (Lipinski definition) is 1. The number of rotatable bonds is 4. The molecule has 2 unspecified atom stereocenters. The lowest BCUT2D eigenvalue weighted by Gasteiger charge is -2.40. The van der Waals surface area contributed by atoms with Crippen molar-refractivity contribution in [1.82, 2.24) is 15.1 Å². The molecule has 0 aromatic carbocycles. The van der Waals surface area contributed by atoms with Crippen molar-refractivity contribution in [3.05, 3.63) is 22.4 Å². The van der Waals surface area contributed by atoms with E-state index in [1.165, 1.54) is 4.88 Å². The van der Waals surface area contributed by atoms with Gasteiger partial charge in [-0.05, 0) is 32.2 Å². The molecule has 158 valence electrons. The van der Waals surface area contributed by atoms with E-state index in [2.05, 4.69) is 44.5 Å². The fraction of sp³-hybridized carbons (Fsp3) is 0.737. The van der Waals surface area contributed by atoms with E-state index in [0.29, 0.717) is 13.1 Å². The highest BCUT2D eigenvalue weighted by Crippen LogP contribution is 2.27. The molecule has 3 heterocycles. The van der Waals surface area contributed by atoms with E-state index < -0.39 is 14.6 Å². The van der Waals surface area contributed by atoms with E-state index in [4.69, 9.17) is 4.74 Å². The van der Waals surface area contributed by atoms with E-state index in [1.54, 1.807) is 32.2 Å². The van der Waals surface area contributed by atoms with Crippen LogP contribution in [0.5, 0.6) is 0 Å². The Bertz CT molecular complexity index is 777. The summed E-state index contributed by atoms with van der Waals surface area (Å²) in [5.41, 5.74) is 0. The van der Waals surface area contributed by atoms with Crippen LogP contribution in [0.3, 0.4) is 0 Å². The Kier molecular flexibility index (Phi) is 6.69. The quantitative estimate of drug-likeness (QED) is 0.580. The van der Waals surface area contributed by atoms with Crippen molar-refractivity contribution >= 4 is 27.1 Å². The van der Waals surface area contributed by atoms with Gasteiger partial charge in [0.2, 0.25) is 0 Å².